The molecule has 1 amide bonds. The monoisotopic (exact) mass is 424 g/mol. The molecule has 30 heavy (non-hydrogen) atoms. The van der Waals surface area contributed by atoms with Crippen LogP contribution in [0.3, 0.4) is 0 Å². The maximum absolute atomic E-state index is 12.3. The maximum atomic E-state index is 12.3. The van der Waals surface area contributed by atoms with Gasteiger partial charge in [-0.25, -0.2) is 10.2 Å². The van der Waals surface area contributed by atoms with E-state index in [0.717, 1.165) is 0 Å². The molecule has 0 aromatic heterocycles. The molecule has 8 heteroatoms. The Morgan fingerprint density at radius 1 is 0.967 bits per heavy atom. The van der Waals surface area contributed by atoms with Crippen LogP contribution in [0.5, 0.6) is 17.2 Å². The van der Waals surface area contributed by atoms with E-state index in [0.29, 0.717) is 27.5 Å². The Labute approximate surface area is 177 Å². The largest absolute Gasteiger partial charge is 0.508 e. The minimum atomic E-state index is -0.549. The zero-order valence-corrected chi connectivity index (χ0v) is 16.6. The molecule has 0 bridgehead atoms. The van der Waals surface area contributed by atoms with Gasteiger partial charge in [-0.3, -0.25) is 4.79 Å². The summed E-state index contributed by atoms with van der Waals surface area (Å²) in [6.07, 6.45) is 1.42. The molecule has 0 radical (unpaired) electrons. The molecule has 0 aliphatic heterocycles. The van der Waals surface area contributed by atoms with E-state index in [1.54, 1.807) is 42.5 Å². The number of benzene rings is 3. The highest BCUT2D eigenvalue weighted by atomic mass is 35.5. The number of rotatable bonds is 6. The smallest absolute Gasteiger partial charge is 0.343 e. The number of hydrogen-bond acceptors (Lipinski definition) is 6. The molecule has 0 aliphatic rings. The molecule has 0 unspecified atom stereocenters. The van der Waals surface area contributed by atoms with E-state index < -0.39 is 11.9 Å². The van der Waals surface area contributed by atoms with Crippen LogP contribution in [0, 0.1) is 0 Å². The lowest BCUT2D eigenvalue weighted by molar-refractivity contribution is 0.0729. The Morgan fingerprint density at radius 2 is 1.63 bits per heavy atom. The summed E-state index contributed by atoms with van der Waals surface area (Å²) in [5.74, 6) is -0.341. The molecule has 152 valence electrons. The number of carbonyl (C=O) groups excluding carboxylic acids is 2. The van der Waals surface area contributed by atoms with E-state index in [2.05, 4.69) is 10.5 Å². The first-order valence-electron chi connectivity index (χ1n) is 8.74. The molecule has 0 saturated carbocycles. The first kappa shape index (κ1) is 20.9. The molecule has 0 spiro atoms. The number of hydrogen-bond donors (Lipinski definition) is 2. The predicted octanol–water partition coefficient (Wildman–Crippen LogP) is 4.04. The van der Waals surface area contributed by atoms with Crippen LogP contribution in [0.15, 0.2) is 71.8 Å². The highest BCUT2D eigenvalue weighted by Gasteiger charge is 2.13. The normalized spacial score (nSPS) is 10.6. The maximum Gasteiger partial charge on any atom is 0.343 e. The number of hydrazone groups is 1. The van der Waals surface area contributed by atoms with Gasteiger partial charge in [0.25, 0.3) is 5.91 Å². The van der Waals surface area contributed by atoms with Crippen molar-refractivity contribution in [2.24, 2.45) is 5.10 Å². The second-order valence-corrected chi connectivity index (χ2v) is 6.49. The van der Waals surface area contributed by atoms with E-state index in [1.807, 2.05) is 0 Å². The van der Waals surface area contributed by atoms with Crippen LogP contribution in [-0.2, 0) is 0 Å². The van der Waals surface area contributed by atoms with Gasteiger partial charge >= 0.3 is 5.97 Å². The van der Waals surface area contributed by atoms with Crippen molar-refractivity contribution in [3.05, 3.63) is 88.4 Å². The Bertz CT molecular complexity index is 1080. The minimum Gasteiger partial charge on any atom is -0.508 e. The molecule has 0 aliphatic carbocycles. The van der Waals surface area contributed by atoms with Crippen molar-refractivity contribution in [2.45, 2.75) is 0 Å². The molecule has 0 atom stereocenters. The molecule has 3 rings (SSSR count). The van der Waals surface area contributed by atoms with Gasteiger partial charge < -0.3 is 14.6 Å². The lowest BCUT2D eigenvalue weighted by Gasteiger charge is -2.10. The number of nitrogens with one attached hydrogen (secondary N) is 1. The second-order valence-electron chi connectivity index (χ2n) is 6.05. The average Bonchev–Trinajstić information content (AvgIpc) is 2.75. The number of methoxy groups -OCH3 is 1. The summed E-state index contributed by atoms with van der Waals surface area (Å²) in [5, 5.41) is 13.7. The van der Waals surface area contributed by atoms with Crippen molar-refractivity contribution < 1.29 is 24.2 Å². The minimum absolute atomic E-state index is 0.0685. The zero-order valence-electron chi connectivity index (χ0n) is 15.8. The van der Waals surface area contributed by atoms with Gasteiger partial charge in [0.1, 0.15) is 5.75 Å². The molecule has 0 fully saturated rings. The number of phenols is 1. The van der Waals surface area contributed by atoms with E-state index in [9.17, 15) is 14.7 Å². The molecule has 3 aromatic carbocycles. The van der Waals surface area contributed by atoms with Crippen molar-refractivity contribution in [3.8, 4) is 17.2 Å². The predicted molar refractivity (Wildman–Crippen MR) is 113 cm³/mol. The van der Waals surface area contributed by atoms with Crippen LogP contribution >= 0.6 is 11.6 Å². The summed E-state index contributed by atoms with van der Waals surface area (Å²) < 4.78 is 10.7. The average molecular weight is 425 g/mol. The van der Waals surface area contributed by atoms with Gasteiger partial charge in [-0.05, 0) is 72.3 Å². The van der Waals surface area contributed by atoms with Gasteiger partial charge in [0, 0.05) is 10.6 Å². The third-order valence-corrected chi connectivity index (χ3v) is 4.23. The Hall–Kier alpha value is -3.84. The first-order valence-corrected chi connectivity index (χ1v) is 9.12. The third kappa shape index (κ3) is 5.36. The van der Waals surface area contributed by atoms with Crippen LogP contribution in [0.1, 0.15) is 26.3 Å². The molecular weight excluding hydrogens is 408 g/mol. The summed E-state index contributed by atoms with van der Waals surface area (Å²) >= 11 is 5.82. The fourth-order valence-electron chi connectivity index (χ4n) is 2.44. The lowest BCUT2D eigenvalue weighted by Crippen LogP contribution is -2.17. The second kappa shape index (κ2) is 9.58. The van der Waals surface area contributed by atoms with Crippen molar-refractivity contribution in [1.29, 1.82) is 0 Å². The van der Waals surface area contributed by atoms with E-state index >= 15 is 0 Å². The van der Waals surface area contributed by atoms with Gasteiger partial charge in [-0.15, -0.1) is 0 Å². The Kier molecular flexibility index (Phi) is 6.67. The number of carbonyl (C=O) groups is 2. The van der Waals surface area contributed by atoms with Crippen LogP contribution in [0.2, 0.25) is 5.02 Å². The summed E-state index contributed by atoms with van der Waals surface area (Å²) in [6, 6.07) is 16.9. The number of halogens is 1. The molecule has 0 saturated heterocycles. The first-order chi connectivity index (χ1) is 14.5. The Balaban J connectivity index is 1.66. The van der Waals surface area contributed by atoms with Crippen LogP contribution in [0.25, 0.3) is 0 Å². The van der Waals surface area contributed by atoms with Gasteiger partial charge in [-0.1, -0.05) is 11.6 Å². The van der Waals surface area contributed by atoms with Crippen molar-refractivity contribution in [2.75, 3.05) is 7.11 Å². The fourth-order valence-corrected chi connectivity index (χ4v) is 2.56. The zero-order chi connectivity index (χ0) is 21.5. The van der Waals surface area contributed by atoms with Crippen molar-refractivity contribution in [1.82, 2.24) is 5.43 Å². The summed E-state index contributed by atoms with van der Waals surface area (Å²) in [5.41, 5.74) is 3.71. The molecule has 2 N–H and O–H groups in total. The molecule has 0 heterocycles. The van der Waals surface area contributed by atoms with Crippen LogP contribution in [0.4, 0.5) is 0 Å². The third-order valence-electron chi connectivity index (χ3n) is 3.98. The fraction of sp³-hybridized carbons (Fsp3) is 0.0455. The topological polar surface area (TPSA) is 97.2 Å². The highest BCUT2D eigenvalue weighted by Crippen LogP contribution is 2.28. The van der Waals surface area contributed by atoms with Gasteiger partial charge in [0.05, 0.1) is 18.9 Å². The Morgan fingerprint density at radius 3 is 2.30 bits per heavy atom. The van der Waals surface area contributed by atoms with Crippen molar-refractivity contribution in [3.63, 3.8) is 0 Å². The number of esters is 1. The summed E-state index contributed by atoms with van der Waals surface area (Å²) in [7, 11) is 1.45. The van der Waals surface area contributed by atoms with E-state index in [-0.39, 0.29) is 11.5 Å². The standard InChI is InChI=1S/C22H17ClN2O5/c1-29-20-12-14(13-24-25-21(27)15-5-9-18(26)10-6-15)2-11-19(20)30-22(28)16-3-7-17(23)8-4-16/h2-13,26H,1H3,(H,25,27)/b24-13+. The van der Waals surface area contributed by atoms with Crippen LogP contribution in [-0.4, -0.2) is 30.3 Å². The van der Waals surface area contributed by atoms with Gasteiger partial charge in [0.2, 0.25) is 0 Å². The summed E-state index contributed by atoms with van der Waals surface area (Å²) in [6.45, 7) is 0. The summed E-state index contributed by atoms with van der Waals surface area (Å²) in [4.78, 5) is 24.3. The van der Waals surface area contributed by atoms with Gasteiger partial charge in [-0.2, -0.15) is 5.10 Å². The lowest BCUT2D eigenvalue weighted by atomic mass is 10.2. The molecule has 7 nitrogen and oxygen atoms in total. The number of aromatic hydroxyl groups is 1. The number of nitrogens with zero attached hydrogens (tertiary/aromatic N) is 1. The SMILES string of the molecule is COc1cc(/C=N/NC(=O)c2ccc(O)cc2)ccc1OC(=O)c1ccc(Cl)cc1. The van der Waals surface area contributed by atoms with Crippen LogP contribution < -0.4 is 14.9 Å². The number of amides is 1. The molecule has 3 aromatic rings. The van der Waals surface area contributed by atoms with E-state index in [1.165, 1.54) is 37.6 Å². The highest BCUT2D eigenvalue weighted by molar-refractivity contribution is 6.30. The number of phenolic OH excluding ortho intramolecular Hbond substituents is 1. The molecular formula is C22H17ClN2O5. The van der Waals surface area contributed by atoms with Gasteiger partial charge in [0.15, 0.2) is 11.5 Å². The van der Waals surface area contributed by atoms with Crippen molar-refractivity contribution >= 4 is 29.7 Å². The van der Waals surface area contributed by atoms with E-state index in [4.69, 9.17) is 21.1 Å². The quantitative estimate of drug-likeness (QED) is 0.269. The number of ether oxygens (including phenoxy) is 2.